The molecule has 1 atom stereocenters. The van der Waals surface area contributed by atoms with Crippen LogP contribution in [0.5, 0.6) is 0 Å². The second-order valence-corrected chi connectivity index (χ2v) is 6.99. The Morgan fingerprint density at radius 1 is 1.44 bits per heavy atom. The monoisotopic (exact) mass is 265 g/mol. The number of hydrogen-bond donors (Lipinski definition) is 1. The molecule has 1 aromatic heterocycles. The third-order valence-corrected chi connectivity index (χ3v) is 5.45. The second-order valence-electron chi connectivity index (χ2n) is 6.09. The Hall–Kier alpha value is -0.450. The number of hydrogen-bond acceptors (Lipinski definition) is 4. The summed E-state index contributed by atoms with van der Waals surface area (Å²) in [6, 6.07) is 0.701. The van der Waals surface area contributed by atoms with Crippen molar-refractivity contribution in [3.8, 4) is 0 Å². The van der Waals surface area contributed by atoms with Gasteiger partial charge in [-0.25, -0.2) is 4.98 Å². The predicted octanol–water partition coefficient (Wildman–Crippen LogP) is 2.45. The van der Waals surface area contributed by atoms with Gasteiger partial charge in [0, 0.05) is 30.7 Å². The summed E-state index contributed by atoms with van der Waals surface area (Å²) in [5.41, 5.74) is 0.0767. The smallest absolute Gasteiger partial charge is 0.112 e. The van der Waals surface area contributed by atoms with Crippen molar-refractivity contribution in [2.75, 3.05) is 19.6 Å². The van der Waals surface area contributed by atoms with Crippen molar-refractivity contribution in [2.24, 2.45) is 5.92 Å². The van der Waals surface area contributed by atoms with Crippen LogP contribution in [0, 0.1) is 5.92 Å². The summed E-state index contributed by atoms with van der Waals surface area (Å²) >= 11 is 1.78. The van der Waals surface area contributed by atoms with Gasteiger partial charge >= 0.3 is 0 Å². The van der Waals surface area contributed by atoms with Crippen LogP contribution in [0.1, 0.15) is 38.1 Å². The van der Waals surface area contributed by atoms with E-state index in [0.29, 0.717) is 6.04 Å². The summed E-state index contributed by atoms with van der Waals surface area (Å²) in [6.07, 6.45) is 6.01. The topological polar surface area (TPSA) is 28.2 Å². The molecule has 1 N–H and O–H groups in total. The molecule has 0 bridgehead atoms. The fourth-order valence-electron chi connectivity index (χ4n) is 2.93. The lowest BCUT2D eigenvalue weighted by Crippen LogP contribution is -2.47. The van der Waals surface area contributed by atoms with Gasteiger partial charge in [-0.1, -0.05) is 0 Å². The standard InChI is InChI=1S/C14H23N3S/c1-14(2,13-16-7-9-18-13)17-8-3-6-15-12(10-17)11-4-5-11/h7,9,11-12,15H,3-6,8,10H2,1-2H3. The molecule has 2 aliphatic rings. The van der Waals surface area contributed by atoms with E-state index < -0.39 is 0 Å². The predicted molar refractivity (Wildman–Crippen MR) is 75.8 cm³/mol. The molecule has 2 heterocycles. The van der Waals surface area contributed by atoms with E-state index in [1.807, 2.05) is 6.20 Å². The van der Waals surface area contributed by atoms with Gasteiger partial charge in [-0.05, 0) is 45.6 Å². The van der Waals surface area contributed by atoms with E-state index in [9.17, 15) is 0 Å². The van der Waals surface area contributed by atoms with Crippen LogP contribution in [0.15, 0.2) is 11.6 Å². The number of nitrogens with zero attached hydrogens (tertiary/aromatic N) is 2. The first-order chi connectivity index (χ1) is 8.68. The van der Waals surface area contributed by atoms with Gasteiger partial charge in [-0.3, -0.25) is 4.90 Å². The van der Waals surface area contributed by atoms with E-state index in [4.69, 9.17) is 0 Å². The third-order valence-electron chi connectivity index (χ3n) is 4.37. The van der Waals surface area contributed by atoms with Crippen molar-refractivity contribution >= 4 is 11.3 Å². The van der Waals surface area contributed by atoms with Gasteiger partial charge in [0.25, 0.3) is 0 Å². The lowest BCUT2D eigenvalue weighted by molar-refractivity contribution is 0.113. The van der Waals surface area contributed by atoms with Crippen LogP contribution in [0.2, 0.25) is 0 Å². The van der Waals surface area contributed by atoms with Crippen molar-refractivity contribution < 1.29 is 0 Å². The molecule has 1 saturated carbocycles. The van der Waals surface area contributed by atoms with E-state index in [0.717, 1.165) is 5.92 Å². The van der Waals surface area contributed by atoms with E-state index in [1.54, 1.807) is 11.3 Å². The van der Waals surface area contributed by atoms with Gasteiger partial charge in [0.05, 0.1) is 5.54 Å². The minimum Gasteiger partial charge on any atom is -0.312 e. The minimum absolute atomic E-state index is 0.0767. The Balaban J connectivity index is 1.76. The highest BCUT2D eigenvalue weighted by atomic mass is 32.1. The highest BCUT2D eigenvalue weighted by molar-refractivity contribution is 7.09. The molecule has 100 valence electrons. The average molecular weight is 265 g/mol. The second kappa shape index (κ2) is 4.91. The molecular formula is C14H23N3S. The molecule has 1 aliphatic carbocycles. The Morgan fingerprint density at radius 2 is 2.28 bits per heavy atom. The molecule has 2 fully saturated rings. The van der Waals surface area contributed by atoms with Gasteiger partial charge in [-0.15, -0.1) is 11.3 Å². The van der Waals surface area contributed by atoms with Crippen LogP contribution < -0.4 is 5.32 Å². The summed E-state index contributed by atoms with van der Waals surface area (Å²) < 4.78 is 0. The molecule has 3 rings (SSSR count). The quantitative estimate of drug-likeness (QED) is 0.910. The lowest BCUT2D eigenvalue weighted by atomic mass is 10.0. The number of nitrogens with one attached hydrogen (secondary N) is 1. The van der Waals surface area contributed by atoms with Crippen LogP contribution in [0.25, 0.3) is 0 Å². The minimum atomic E-state index is 0.0767. The third kappa shape index (κ3) is 2.46. The fourth-order valence-corrected chi connectivity index (χ4v) is 3.72. The van der Waals surface area contributed by atoms with Crippen molar-refractivity contribution in [1.29, 1.82) is 0 Å². The van der Waals surface area contributed by atoms with E-state index in [2.05, 4.69) is 34.4 Å². The van der Waals surface area contributed by atoms with Crippen molar-refractivity contribution in [2.45, 2.75) is 44.7 Å². The highest BCUT2D eigenvalue weighted by Crippen LogP contribution is 2.36. The molecule has 0 amide bonds. The van der Waals surface area contributed by atoms with Crippen molar-refractivity contribution in [3.05, 3.63) is 16.6 Å². The molecule has 1 saturated heterocycles. The number of thiazole rings is 1. The molecule has 4 heteroatoms. The Kier molecular flexibility index (Phi) is 3.43. The first kappa shape index (κ1) is 12.6. The summed E-state index contributed by atoms with van der Waals surface area (Å²) in [7, 11) is 0. The van der Waals surface area contributed by atoms with E-state index in [1.165, 1.54) is 43.9 Å². The molecule has 0 spiro atoms. The van der Waals surface area contributed by atoms with Crippen LogP contribution in [0.3, 0.4) is 0 Å². The van der Waals surface area contributed by atoms with Gasteiger partial charge < -0.3 is 5.32 Å². The maximum Gasteiger partial charge on any atom is 0.112 e. The summed E-state index contributed by atoms with van der Waals surface area (Å²) in [6.45, 7) is 8.17. The van der Waals surface area contributed by atoms with Gasteiger partial charge in [0.15, 0.2) is 0 Å². The molecule has 0 radical (unpaired) electrons. The van der Waals surface area contributed by atoms with Crippen LogP contribution in [-0.2, 0) is 5.54 Å². The summed E-state index contributed by atoms with van der Waals surface area (Å²) in [5, 5.41) is 7.07. The maximum atomic E-state index is 4.54. The Bertz CT molecular complexity index is 384. The molecule has 0 aromatic carbocycles. The largest absolute Gasteiger partial charge is 0.312 e. The number of aromatic nitrogens is 1. The van der Waals surface area contributed by atoms with Gasteiger partial charge in [0.1, 0.15) is 5.01 Å². The first-order valence-electron chi connectivity index (χ1n) is 7.06. The Labute approximate surface area is 114 Å². The molecule has 3 nitrogen and oxygen atoms in total. The molecular weight excluding hydrogens is 242 g/mol. The molecule has 1 aliphatic heterocycles. The fraction of sp³-hybridized carbons (Fsp3) is 0.786. The maximum absolute atomic E-state index is 4.54. The zero-order valence-corrected chi connectivity index (χ0v) is 12.2. The van der Waals surface area contributed by atoms with Gasteiger partial charge in [-0.2, -0.15) is 0 Å². The highest BCUT2D eigenvalue weighted by Gasteiger charge is 2.38. The lowest BCUT2D eigenvalue weighted by Gasteiger charge is -2.37. The average Bonchev–Trinajstić information content (AvgIpc) is 3.08. The molecule has 18 heavy (non-hydrogen) atoms. The molecule has 1 unspecified atom stereocenters. The van der Waals surface area contributed by atoms with Crippen molar-refractivity contribution in [3.63, 3.8) is 0 Å². The zero-order chi connectivity index (χ0) is 12.6. The van der Waals surface area contributed by atoms with Crippen LogP contribution in [0.4, 0.5) is 0 Å². The summed E-state index contributed by atoms with van der Waals surface area (Å²) in [5.74, 6) is 0.928. The van der Waals surface area contributed by atoms with Gasteiger partial charge in [0.2, 0.25) is 0 Å². The van der Waals surface area contributed by atoms with E-state index in [-0.39, 0.29) is 5.54 Å². The number of rotatable bonds is 3. The first-order valence-corrected chi connectivity index (χ1v) is 7.94. The zero-order valence-electron chi connectivity index (χ0n) is 11.4. The van der Waals surface area contributed by atoms with Crippen molar-refractivity contribution in [1.82, 2.24) is 15.2 Å². The molecule has 1 aromatic rings. The normalized spacial score (nSPS) is 27.1. The Morgan fingerprint density at radius 3 is 2.94 bits per heavy atom. The summed E-state index contributed by atoms with van der Waals surface area (Å²) in [4.78, 5) is 7.17. The van der Waals surface area contributed by atoms with Crippen LogP contribution in [-0.4, -0.2) is 35.6 Å². The van der Waals surface area contributed by atoms with E-state index >= 15 is 0 Å². The van der Waals surface area contributed by atoms with Crippen LogP contribution >= 0.6 is 11.3 Å². The SMILES string of the molecule is CC(C)(c1nccs1)N1CCCNC(C2CC2)C1.